The quantitative estimate of drug-likeness (QED) is 0.361. The van der Waals surface area contributed by atoms with Gasteiger partial charge < -0.3 is 15.2 Å². The second kappa shape index (κ2) is 10.9. The number of nitrogens with one attached hydrogen (secondary N) is 1. The third kappa shape index (κ3) is 6.19. The van der Waals surface area contributed by atoms with Gasteiger partial charge in [0.1, 0.15) is 28.8 Å². The number of H-pyrrole nitrogens is 1. The molecule has 4 aromatic rings. The summed E-state index contributed by atoms with van der Waals surface area (Å²) in [5.41, 5.74) is -1.28. The van der Waals surface area contributed by atoms with Crippen molar-refractivity contribution < 1.29 is 37.4 Å². The molecule has 0 fully saturated rings. The van der Waals surface area contributed by atoms with Crippen molar-refractivity contribution in [3.63, 3.8) is 0 Å². The summed E-state index contributed by atoms with van der Waals surface area (Å²) in [5.74, 6) is -6.32. The Morgan fingerprint density at radius 2 is 1.29 bits per heavy atom. The second-order valence-electron chi connectivity index (χ2n) is 6.67. The Bertz CT molecular complexity index is 1470. The Labute approximate surface area is 192 Å². The first-order chi connectivity index (χ1) is 16.3. The number of nitrogens with zero attached hydrogens (tertiary/aromatic N) is 3. The SMILES string of the molecule is Cn1c(=O)c2[nH]cnc2n(C)c1=O.O=C(O)c1cc(F)ccc1F.O=C(O)c1cc(F)ccc1F. The molecule has 35 heavy (non-hydrogen) atoms. The van der Waals surface area contributed by atoms with Crippen LogP contribution in [-0.2, 0) is 14.1 Å². The Morgan fingerprint density at radius 1 is 0.829 bits per heavy atom. The smallest absolute Gasteiger partial charge is 0.338 e. The predicted octanol–water partition coefficient (Wildman–Crippen LogP) is 2.29. The fourth-order valence-corrected chi connectivity index (χ4v) is 2.59. The maximum absolute atomic E-state index is 12.5. The number of aromatic carboxylic acids is 2. The lowest BCUT2D eigenvalue weighted by atomic mass is 10.2. The lowest BCUT2D eigenvalue weighted by Gasteiger charge is -2.00. The molecule has 14 heteroatoms. The molecule has 0 bridgehead atoms. The van der Waals surface area contributed by atoms with E-state index >= 15 is 0 Å². The molecule has 0 aliphatic heterocycles. The molecule has 0 atom stereocenters. The molecule has 0 saturated carbocycles. The molecule has 0 aliphatic rings. The predicted molar refractivity (Wildman–Crippen MR) is 113 cm³/mol. The van der Waals surface area contributed by atoms with Gasteiger partial charge >= 0.3 is 17.6 Å². The number of halogens is 4. The minimum absolute atomic E-state index is 0.351. The number of imidazole rings is 1. The summed E-state index contributed by atoms with van der Waals surface area (Å²) in [6, 6.07) is 4.55. The molecule has 184 valence electrons. The van der Waals surface area contributed by atoms with Gasteiger partial charge in [0.25, 0.3) is 5.56 Å². The van der Waals surface area contributed by atoms with E-state index in [1.165, 1.54) is 17.9 Å². The first-order valence-corrected chi connectivity index (χ1v) is 9.31. The van der Waals surface area contributed by atoms with E-state index in [2.05, 4.69) is 9.97 Å². The third-order valence-electron chi connectivity index (χ3n) is 4.35. The highest BCUT2D eigenvalue weighted by Crippen LogP contribution is 2.09. The standard InChI is InChI=1S/2C7H4F2O2.C7H8N4O2/c2*8-4-1-2-6(9)5(3-4)7(10)11;1-10-5-4(8-3-9-5)6(12)11(2)7(10)13/h2*1-3H,(H,10,11);3H,1-2H3,(H,8,9). The molecular formula is C21H16F4N4O6. The van der Waals surface area contributed by atoms with Crippen LogP contribution in [0.5, 0.6) is 0 Å². The van der Waals surface area contributed by atoms with E-state index in [0.29, 0.717) is 23.3 Å². The normalized spacial score (nSPS) is 10.1. The average Bonchev–Trinajstić information content (AvgIpc) is 3.30. The monoisotopic (exact) mass is 496 g/mol. The van der Waals surface area contributed by atoms with E-state index in [1.54, 1.807) is 7.05 Å². The van der Waals surface area contributed by atoms with Crippen LogP contribution in [0.4, 0.5) is 17.6 Å². The van der Waals surface area contributed by atoms with E-state index < -0.39 is 46.3 Å². The first kappa shape index (κ1) is 26.5. The lowest BCUT2D eigenvalue weighted by Crippen LogP contribution is -2.36. The first-order valence-electron chi connectivity index (χ1n) is 9.31. The van der Waals surface area contributed by atoms with Crippen LogP contribution in [0.15, 0.2) is 52.3 Å². The number of aromatic amines is 1. The van der Waals surface area contributed by atoms with Gasteiger partial charge in [-0.15, -0.1) is 0 Å². The molecule has 0 unspecified atom stereocenters. The van der Waals surface area contributed by atoms with Crippen molar-refractivity contribution in [3.05, 3.63) is 98.0 Å². The van der Waals surface area contributed by atoms with Gasteiger partial charge in [-0.05, 0) is 36.4 Å². The van der Waals surface area contributed by atoms with Crippen molar-refractivity contribution >= 4 is 23.1 Å². The van der Waals surface area contributed by atoms with Crippen molar-refractivity contribution in [2.24, 2.45) is 14.1 Å². The van der Waals surface area contributed by atoms with Gasteiger partial charge in [-0.3, -0.25) is 13.9 Å². The topological polar surface area (TPSA) is 147 Å². The summed E-state index contributed by atoms with van der Waals surface area (Å²) in [5, 5.41) is 16.6. The van der Waals surface area contributed by atoms with Crippen molar-refractivity contribution in [1.82, 2.24) is 19.1 Å². The summed E-state index contributed by atoms with van der Waals surface area (Å²) >= 11 is 0. The number of aromatic nitrogens is 4. The highest BCUT2D eigenvalue weighted by Gasteiger charge is 2.11. The number of carboxylic acid groups (broad SMARTS) is 2. The van der Waals surface area contributed by atoms with E-state index in [-0.39, 0.29) is 11.2 Å². The molecular weight excluding hydrogens is 480 g/mol. The summed E-state index contributed by atoms with van der Waals surface area (Å²) < 4.78 is 51.9. The number of carbonyl (C=O) groups is 2. The maximum Gasteiger partial charge on any atom is 0.338 e. The number of aryl methyl sites for hydroxylation is 1. The van der Waals surface area contributed by atoms with Gasteiger partial charge in [0, 0.05) is 14.1 Å². The molecule has 4 rings (SSSR count). The molecule has 2 aromatic heterocycles. The molecule has 10 nitrogen and oxygen atoms in total. The van der Waals surface area contributed by atoms with Crippen LogP contribution >= 0.6 is 0 Å². The molecule has 0 saturated heterocycles. The van der Waals surface area contributed by atoms with Gasteiger partial charge in [-0.1, -0.05) is 0 Å². The van der Waals surface area contributed by atoms with Crippen molar-refractivity contribution in [3.8, 4) is 0 Å². The number of benzene rings is 2. The molecule has 0 spiro atoms. The molecule has 3 N–H and O–H groups in total. The molecule has 0 radical (unpaired) electrons. The number of rotatable bonds is 2. The summed E-state index contributed by atoms with van der Waals surface area (Å²) in [4.78, 5) is 49.7. The fraction of sp³-hybridized carbons (Fsp3) is 0.0952. The van der Waals surface area contributed by atoms with Crippen LogP contribution in [0.3, 0.4) is 0 Å². The zero-order chi connectivity index (χ0) is 26.4. The number of carboxylic acids is 2. The molecule has 2 aromatic carbocycles. The van der Waals surface area contributed by atoms with Crippen LogP contribution in [-0.4, -0.2) is 41.3 Å². The third-order valence-corrected chi connectivity index (χ3v) is 4.35. The van der Waals surface area contributed by atoms with Crippen molar-refractivity contribution in [2.75, 3.05) is 0 Å². The Balaban J connectivity index is 0.000000186. The average molecular weight is 496 g/mol. The molecule has 2 heterocycles. The minimum atomic E-state index is -1.47. The van der Waals surface area contributed by atoms with Crippen molar-refractivity contribution in [1.29, 1.82) is 0 Å². The van der Waals surface area contributed by atoms with Crippen LogP contribution in [0.2, 0.25) is 0 Å². The van der Waals surface area contributed by atoms with E-state index in [0.717, 1.165) is 28.8 Å². The van der Waals surface area contributed by atoms with Crippen LogP contribution < -0.4 is 11.2 Å². The van der Waals surface area contributed by atoms with Gasteiger partial charge in [0.15, 0.2) is 5.65 Å². The zero-order valence-electron chi connectivity index (χ0n) is 17.9. The van der Waals surface area contributed by atoms with E-state index in [4.69, 9.17) is 10.2 Å². The van der Waals surface area contributed by atoms with Crippen LogP contribution in [0.25, 0.3) is 11.2 Å². The van der Waals surface area contributed by atoms with Gasteiger partial charge in [-0.25, -0.2) is 36.9 Å². The number of hydrogen-bond donors (Lipinski definition) is 3. The zero-order valence-corrected chi connectivity index (χ0v) is 17.9. The number of fused-ring (bicyclic) bond motifs is 1. The van der Waals surface area contributed by atoms with Crippen LogP contribution in [0, 0.1) is 23.3 Å². The van der Waals surface area contributed by atoms with Gasteiger partial charge in [0.05, 0.1) is 17.5 Å². The largest absolute Gasteiger partial charge is 0.478 e. The Kier molecular flexibility index (Phi) is 8.26. The summed E-state index contributed by atoms with van der Waals surface area (Å²) in [6.07, 6.45) is 1.39. The Morgan fingerprint density at radius 3 is 1.69 bits per heavy atom. The van der Waals surface area contributed by atoms with Crippen LogP contribution in [0.1, 0.15) is 20.7 Å². The fourth-order valence-electron chi connectivity index (χ4n) is 2.59. The minimum Gasteiger partial charge on any atom is -0.478 e. The second-order valence-corrected chi connectivity index (χ2v) is 6.67. The Hall–Kier alpha value is -4.75. The molecule has 0 amide bonds. The summed E-state index contributed by atoms with van der Waals surface area (Å²) in [7, 11) is 3.01. The highest BCUT2D eigenvalue weighted by molar-refractivity contribution is 5.88. The van der Waals surface area contributed by atoms with Gasteiger partial charge in [0.2, 0.25) is 0 Å². The van der Waals surface area contributed by atoms with E-state index in [9.17, 15) is 36.7 Å². The lowest BCUT2D eigenvalue weighted by molar-refractivity contribution is 0.0680. The summed E-state index contributed by atoms with van der Waals surface area (Å²) in [6.45, 7) is 0. The molecule has 0 aliphatic carbocycles. The maximum atomic E-state index is 12.5. The number of hydrogen-bond acceptors (Lipinski definition) is 5. The van der Waals surface area contributed by atoms with Crippen molar-refractivity contribution in [2.45, 2.75) is 0 Å². The highest BCUT2D eigenvalue weighted by atomic mass is 19.1. The van der Waals surface area contributed by atoms with E-state index in [1.807, 2.05) is 0 Å². The van der Waals surface area contributed by atoms with Gasteiger partial charge in [-0.2, -0.15) is 0 Å².